The molecule has 0 saturated heterocycles. The zero-order valence-corrected chi connectivity index (χ0v) is 22.1. The monoisotopic (exact) mass is 579 g/mol. The molecular weight excluding hydrogens is 557 g/mol. The fourth-order valence-corrected chi connectivity index (χ4v) is 4.56. The summed E-state index contributed by atoms with van der Waals surface area (Å²) in [5, 5.41) is 7.81. The van der Waals surface area contributed by atoms with Crippen molar-refractivity contribution in [1.82, 2.24) is 19.6 Å². The number of furan rings is 1. The highest BCUT2D eigenvalue weighted by Gasteiger charge is 2.24. The Balaban J connectivity index is 1.46. The van der Waals surface area contributed by atoms with Crippen molar-refractivity contribution < 1.29 is 23.1 Å². The molecule has 0 aliphatic heterocycles. The number of methoxy groups -OCH3 is 2. The maximum Gasteiger partial charge on any atom is 0.226 e. The molecule has 0 spiro atoms. The number of Topliss-reactive ketones (excluding diaryl/α,β-unsaturated/α-hetero) is 1. The Morgan fingerprint density at radius 2 is 1.87 bits per heavy atom. The number of carbonyl (C=O) groups excluding carboxylic acids is 1. The van der Waals surface area contributed by atoms with Crippen LogP contribution in [0.1, 0.15) is 21.5 Å². The number of nitrogens with one attached hydrogen (secondary N) is 1. The van der Waals surface area contributed by atoms with E-state index in [2.05, 4.69) is 36.3 Å². The first-order valence-corrected chi connectivity index (χ1v) is 12.6. The highest BCUT2D eigenvalue weighted by atomic mass is 79.9. The van der Waals surface area contributed by atoms with Gasteiger partial charge in [-0.2, -0.15) is 4.52 Å². The second-order valence-electron chi connectivity index (χ2n) is 8.35. The molecule has 11 heteroatoms. The average molecular weight is 580 g/mol. The summed E-state index contributed by atoms with van der Waals surface area (Å²) < 4.78 is 30.9. The number of aromatic nitrogens is 4. The SMILES string of the molecule is COc1ccc(CNc2ncc(C(=O)C(Br)Cc3ccc(F)cc3)c3nc(-c4ccco4)nn23)cc1OC. The van der Waals surface area contributed by atoms with Crippen LogP contribution in [0.3, 0.4) is 0 Å². The zero-order valence-electron chi connectivity index (χ0n) is 20.5. The molecule has 0 aliphatic rings. The highest BCUT2D eigenvalue weighted by molar-refractivity contribution is 9.10. The molecule has 194 valence electrons. The average Bonchev–Trinajstić information content (AvgIpc) is 3.63. The van der Waals surface area contributed by atoms with Crippen molar-refractivity contribution in [3.05, 3.63) is 89.6 Å². The Kier molecular flexibility index (Phi) is 7.36. The molecule has 38 heavy (non-hydrogen) atoms. The van der Waals surface area contributed by atoms with Crippen molar-refractivity contribution in [2.75, 3.05) is 19.5 Å². The van der Waals surface area contributed by atoms with Gasteiger partial charge in [0.05, 0.1) is 30.9 Å². The number of rotatable bonds is 10. The first-order valence-electron chi connectivity index (χ1n) is 11.6. The lowest BCUT2D eigenvalue weighted by Crippen LogP contribution is -2.19. The molecule has 1 atom stereocenters. The minimum Gasteiger partial charge on any atom is -0.493 e. The number of hydrogen-bond acceptors (Lipinski definition) is 8. The van der Waals surface area contributed by atoms with Crippen LogP contribution in [0, 0.1) is 5.82 Å². The molecule has 0 radical (unpaired) electrons. The molecule has 0 amide bonds. The molecule has 0 fully saturated rings. The summed E-state index contributed by atoms with van der Waals surface area (Å²) in [5.41, 5.74) is 2.35. The summed E-state index contributed by atoms with van der Waals surface area (Å²) in [6.45, 7) is 0.400. The maximum absolute atomic E-state index is 13.4. The third kappa shape index (κ3) is 5.23. The molecule has 5 rings (SSSR count). The molecular formula is C27H23BrFN5O4. The fourth-order valence-electron chi connectivity index (χ4n) is 3.94. The van der Waals surface area contributed by atoms with E-state index in [-0.39, 0.29) is 17.2 Å². The normalized spacial score (nSPS) is 11.9. The van der Waals surface area contributed by atoms with Gasteiger partial charge in [0, 0.05) is 12.7 Å². The van der Waals surface area contributed by atoms with E-state index < -0.39 is 4.83 Å². The Morgan fingerprint density at radius 3 is 2.58 bits per heavy atom. The van der Waals surface area contributed by atoms with E-state index in [1.54, 1.807) is 38.5 Å². The van der Waals surface area contributed by atoms with E-state index >= 15 is 0 Å². The molecule has 3 aromatic heterocycles. The minimum absolute atomic E-state index is 0.225. The minimum atomic E-state index is -0.576. The van der Waals surface area contributed by atoms with Gasteiger partial charge < -0.3 is 19.2 Å². The number of hydrogen-bond donors (Lipinski definition) is 1. The van der Waals surface area contributed by atoms with Crippen molar-refractivity contribution >= 4 is 33.3 Å². The van der Waals surface area contributed by atoms with Gasteiger partial charge in [0.2, 0.25) is 11.8 Å². The predicted octanol–water partition coefficient (Wildman–Crippen LogP) is 5.34. The van der Waals surface area contributed by atoms with Gasteiger partial charge in [-0.15, -0.1) is 5.10 Å². The number of halogens is 2. The summed E-state index contributed by atoms with van der Waals surface area (Å²) >= 11 is 3.49. The third-order valence-electron chi connectivity index (χ3n) is 5.88. The Morgan fingerprint density at radius 1 is 1.11 bits per heavy atom. The van der Waals surface area contributed by atoms with Crippen LogP contribution < -0.4 is 14.8 Å². The van der Waals surface area contributed by atoms with Gasteiger partial charge >= 0.3 is 0 Å². The van der Waals surface area contributed by atoms with Gasteiger partial charge in [-0.25, -0.2) is 14.4 Å². The lowest BCUT2D eigenvalue weighted by molar-refractivity contribution is 0.0992. The largest absolute Gasteiger partial charge is 0.493 e. The molecule has 3 heterocycles. The van der Waals surface area contributed by atoms with E-state index in [0.29, 0.717) is 47.6 Å². The number of benzene rings is 2. The topological polar surface area (TPSA) is 104 Å². The quantitative estimate of drug-likeness (QED) is 0.174. The molecule has 0 saturated carbocycles. The van der Waals surface area contributed by atoms with Gasteiger partial charge in [-0.1, -0.05) is 34.1 Å². The van der Waals surface area contributed by atoms with Crippen LogP contribution >= 0.6 is 15.9 Å². The number of ketones is 1. The Bertz CT molecular complexity index is 1570. The summed E-state index contributed by atoms with van der Waals surface area (Å²) in [7, 11) is 3.16. The van der Waals surface area contributed by atoms with E-state index in [4.69, 9.17) is 13.9 Å². The van der Waals surface area contributed by atoms with Gasteiger partial charge in [-0.05, 0) is 53.9 Å². The summed E-state index contributed by atoms with van der Waals surface area (Å²) in [6, 6.07) is 15.1. The van der Waals surface area contributed by atoms with Crippen LogP contribution in [0.5, 0.6) is 11.5 Å². The van der Waals surface area contributed by atoms with Crippen LogP contribution in [0.25, 0.3) is 17.2 Å². The zero-order chi connectivity index (χ0) is 26.6. The van der Waals surface area contributed by atoms with Crippen LogP contribution in [0.15, 0.2) is 71.5 Å². The molecule has 5 aromatic rings. The molecule has 0 bridgehead atoms. The third-order valence-corrected chi connectivity index (χ3v) is 6.62. The van der Waals surface area contributed by atoms with E-state index in [0.717, 1.165) is 11.1 Å². The van der Waals surface area contributed by atoms with Crippen molar-refractivity contribution in [2.45, 2.75) is 17.8 Å². The molecule has 1 N–H and O–H groups in total. The molecule has 2 aromatic carbocycles. The van der Waals surface area contributed by atoms with Crippen LogP contribution in [0.4, 0.5) is 10.3 Å². The van der Waals surface area contributed by atoms with Gasteiger partial charge in [0.1, 0.15) is 5.82 Å². The lowest BCUT2D eigenvalue weighted by Gasteiger charge is -2.13. The first kappa shape index (κ1) is 25.4. The number of ether oxygens (including phenoxy) is 2. The number of fused-ring (bicyclic) bond motifs is 1. The van der Waals surface area contributed by atoms with Crippen molar-refractivity contribution in [3.63, 3.8) is 0 Å². The second kappa shape index (κ2) is 11.0. The molecule has 9 nitrogen and oxygen atoms in total. The molecule has 0 aliphatic carbocycles. The van der Waals surface area contributed by atoms with Crippen LogP contribution in [-0.4, -0.2) is 44.4 Å². The molecule has 1 unspecified atom stereocenters. The number of nitrogens with zero attached hydrogens (tertiary/aromatic N) is 4. The van der Waals surface area contributed by atoms with Crippen LogP contribution in [-0.2, 0) is 13.0 Å². The summed E-state index contributed by atoms with van der Waals surface area (Å²) in [6.07, 6.45) is 3.37. The Hall–Kier alpha value is -4.25. The standard InChI is InChI=1S/C27H23BrFN5O4/c1-36-21-10-7-17(13-23(21)37-2)14-30-27-31-15-19(24(35)20(28)12-16-5-8-18(29)9-6-16)26-32-25(33-34(26)27)22-4-3-11-38-22/h3-11,13,15,20H,12,14H2,1-2H3,(H,30,31). The smallest absolute Gasteiger partial charge is 0.226 e. The number of alkyl halides is 1. The summed E-state index contributed by atoms with van der Waals surface area (Å²) in [4.78, 5) is 21.9. The maximum atomic E-state index is 13.4. The van der Waals surface area contributed by atoms with E-state index in [9.17, 15) is 9.18 Å². The van der Waals surface area contributed by atoms with Gasteiger partial charge in [0.25, 0.3) is 0 Å². The van der Waals surface area contributed by atoms with Gasteiger partial charge in [-0.3, -0.25) is 4.79 Å². The lowest BCUT2D eigenvalue weighted by atomic mass is 10.0. The highest BCUT2D eigenvalue weighted by Crippen LogP contribution is 2.28. The second-order valence-corrected chi connectivity index (χ2v) is 9.45. The van der Waals surface area contributed by atoms with Crippen molar-refractivity contribution in [1.29, 1.82) is 0 Å². The van der Waals surface area contributed by atoms with Crippen molar-refractivity contribution in [3.8, 4) is 23.1 Å². The first-order chi connectivity index (χ1) is 18.5. The predicted molar refractivity (Wildman–Crippen MR) is 143 cm³/mol. The fraction of sp³-hybridized carbons (Fsp3) is 0.185. The Labute approximate surface area is 225 Å². The van der Waals surface area contributed by atoms with Crippen LogP contribution in [0.2, 0.25) is 0 Å². The van der Waals surface area contributed by atoms with E-state index in [1.807, 2.05) is 18.2 Å². The summed E-state index contributed by atoms with van der Waals surface area (Å²) in [5.74, 6) is 1.84. The number of carbonyl (C=O) groups is 1. The van der Waals surface area contributed by atoms with Crippen molar-refractivity contribution in [2.24, 2.45) is 0 Å². The number of anilines is 1. The van der Waals surface area contributed by atoms with Gasteiger partial charge in [0.15, 0.2) is 28.7 Å². The van der Waals surface area contributed by atoms with E-state index in [1.165, 1.54) is 29.1 Å².